The molecular formula is C22H20N10O. The molecule has 3 heterocycles. The highest BCUT2D eigenvalue weighted by atomic mass is 16.1. The molecule has 0 unspecified atom stereocenters. The number of fused-ring (bicyclic) bond motifs is 1. The summed E-state index contributed by atoms with van der Waals surface area (Å²) in [5.41, 5.74) is 7.65. The minimum Gasteiger partial charge on any atom is -0.368 e. The van der Waals surface area contributed by atoms with Gasteiger partial charge in [0.1, 0.15) is 23.8 Å². The number of nitrogens with zero attached hydrogens (tertiary/aromatic N) is 9. The molecule has 0 saturated heterocycles. The Hall–Kier alpha value is -4.90. The van der Waals surface area contributed by atoms with Gasteiger partial charge in [-0.1, -0.05) is 18.2 Å². The van der Waals surface area contributed by atoms with Crippen LogP contribution in [-0.4, -0.2) is 42.8 Å². The second kappa shape index (κ2) is 8.69. The molecule has 11 nitrogen and oxygen atoms in total. The second-order valence-electron chi connectivity index (χ2n) is 7.40. The van der Waals surface area contributed by atoms with Gasteiger partial charge in [-0.05, 0) is 30.7 Å². The first-order chi connectivity index (χ1) is 15.9. The van der Waals surface area contributed by atoms with Crippen LogP contribution in [0.4, 0.5) is 11.8 Å². The Labute approximate surface area is 189 Å². The molecule has 164 valence electrons. The van der Waals surface area contributed by atoms with Crippen molar-refractivity contribution in [2.45, 2.75) is 13.5 Å². The topological polar surface area (TPSA) is 145 Å². The van der Waals surface area contributed by atoms with Crippen molar-refractivity contribution in [1.82, 2.24) is 29.0 Å². The molecule has 4 aromatic rings. The van der Waals surface area contributed by atoms with Crippen LogP contribution in [0.5, 0.6) is 0 Å². The van der Waals surface area contributed by atoms with Crippen molar-refractivity contribution >= 4 is 17.3 Å². The number of nitrogens with two attached hydrogens (primary N) is 1. The van der Waals surface area contributed by atoms with Gasteiger partial charge in [0.2, 0.25) is 5.95 Å². The van der Waals surface area contributed by atoms with Crippen molar-refractivity contribution in [3.63, 3.8) is 0 Å². The fraction of sp³-hybridized carbons (Fsp3) is 0.182. The van der Waals surface area contributed by atoms with E-state index in [0.717, 1.165) is 5.56 Å². The number of nitriles is 2. The molecule has 3 aromatic heterocycles. The summed E-state index contributed by atoms with van der Waals surface area (Å²) in [4.78, 5) is 24.7. The van der Waals surface area contributed by atoms with Crippen LogP contribution < -0.4 is 16.2 Å². The van der Waals surface area contributed by atoms with E-state index in [1.54, 1.807) is 18.1 Å². The summed E-state index contributed by atoms with van der Waals surface area (Å²) in [7, 11) is 1.60. The lowest BCUT2D eigenvalue weighted by Gasteiger charge is -2.27. The summed E-state index contributed by atoms with van der Waals surface area (Å²) < 4.78 is 3.07. The van der Waals surface area contributed by atoms with Gasteiger partial charge in [-0.15, -0.1) is 0 Å². The lowest BCUT2D eigenvalue weighted by Crippen LogP contribution is -2.37. The van der Waals surface area contributed by atoms with Crippen LogP contribution >= 0.6 is 0 Å². The maximum atomic E-state index is 13.5. The van der Waals surface area contributed by atoms with Crippen molar-refractivity contribution in [3.05, 3.63) is 76.1 Å². The highest BCUT2D eigenvalue weighted by molar-refractivity contribution is 5.56. The van der Waals surface area contributed by atoms with Crippen molar-refractivity contribution in [1.29, 1.82) is 10.5 Å². The summed E-state index contributed by atoms with van der Waals surface area (Å²) in [5.74, 6) is 0.616. The first-order valence-electron chi connectivity index (χ1n) is 9.96. The van der Waals surface area contributed by atoms with Crippen LogP contribution in [0.1, 0.15) is 17.0 Å². The standard InChI is InChI=1S/C22H20N10O/c1-15-8-9-31-19(15)21(33)32(17-6-4-3-5-7-17)18(28-31)12-30(14-29(2)13-24)20-16(10-23)11-26-22(25)27-20/h3-9,11H,12,14H2,1-2H3,(H2,25,26,27). The Morgan fingerprint density at radius 1 is 1.18 bits per heavy atom. The van der Waals surface area contributed by atoms with Crippen LogP contribution in [0.15, 0.2) is 53.6 Å². The second-order valence-corrected chi connectivity index (χ2v) is 7.40. The van der Waals surface area contributed by atoms with E-state index in [2.05, 4.69) is 21.1 Å². The SMILES string of the molecule is Cc1ccn2nc(CN(CN(C)C#N)c3nc(N)ncc3C#N)n(-c3ccccc3)c(=O)c12. The van der Waals surface area contributed by atoms with Crippen molar-refractivity contribution in [2.75, 3.05) is 24.3 Å². The largest absolute Gasteiger partial charge is 0.368 e. The molecule has 0 fully saturated rings. The average Bonchev–Trinajstić information content (AvgIpc) is 3.19. The third-order valence-corrected chi connectivity index (χ3v) is 5.06. The average molecular weight is 440 g/mol. The van der Waals surface area contributed by atoms with Gasteiger partial charge in [-0.2, -0.15) is 20.6 Å². The number of hydrogen-bond acceptors (Lipinski definition) is 9. The van der Waals surface area contributed by atoms with Gasteiger partial charge in [-0.3, -0.25) is 14.3 Å². The highest BCUT2D eigenvalue weighted by Crippen LogP contribution is 2.21. The molecule has 2 N–H and O–H groups in total. The van der Waals surface area contributed by atoms with Gasteiger partial charge in [0.25, 0.3) is 5.56 Å². The Morgan fingerprint density at radius 3 is 2.64 bits per heavy atom. The van der Waals surface area contributed by atoms with E-state index in [0.29, 0.717) is 17.0 Å². The minimum absolute atomic E-state index is 0.0153. The van der Waals surface area contributed by atoms with Gasteiger partial charge >= 0.3 is 0 Å². The first kappa shape index (κ1) is 21.3. The zero-order chi connectivity index (χ0) is 23.5. The smallest absolute Gasteiger partial charge is 0.282 e. The van der Waals surface area contributed by atoms with Crippen LogP contribution in [0.3, 0.4) is 0 Å². The number of anilines is 2. The van der Waals surface area contributed by atoms with Crippen molar-refractivity contribution < 1.29 is 0 Å². The number of nitrogen functional groups attached to an aromatic ring is 1. The summed E-state index contributed by atoms with van der Waals surface area (Å²) in [5, 5.41) is 23.6. The third kappa shape index (κ3) is 4.03. The molecule has 0 bridgehead atoms. The zero-order valence-corrected chi connectivity index (χ0v) is 18.0. The lowest BCUT2D eigenvalue weighted by atomic mass is 10.2. The molecule has 0 radical (unpaired) electrons. The van der Waals surface area contributed by atoms with Crippen LogP contribution in [0.2, 0.25) is 0 Å². The van der Waals surface area contributed by atoms with E-state index >= 15 is 0 Å². The Kier molecular flexibility index (Phi) is 5.62. The van der Waals surface area contributed by atoms with Gasteiger partial charge in [-0.25, -0.2) is 9.50 Å². The van der Waals surface area contributed by atoms with Gasteiger partial charge in [0.05, 0.1) is 18.4 Å². The molecule has 4 rings (SSSR count). The van der Waals surface area contributed by atoms with E-state index in [1.807, 2.05) is 49.5 Å². The van der Waals surface area contributed by atoms with E-state index in [-0.39, 0.29) is 36.1 Å². The Bertz CT molecular complexity index is 1460. The molecule has 0 atom stereocenters. The lowest BCUT2D eigenvalue weighted by molar-refractivity contribution is 0.452. The normalized spacial score (nSPS) is 10.5. The molecule has 0 amide bonds. The summed E-state index contributed by atoms with van der Waals surface area (Å²) in [6.45, 7) is 1.99. The maximum Gasteiger partial charge on any atom is 0.282 e. The summed E-state index contributed by atoms with van der Waals surface area (Å²) >= 11 is 0. The summed E-state index contributed by atoms with van der Waals surface area (Å²) in [6.07, 6.45) is 5.08. The van der Waals surface area contributed by atoms with Crippen LogP contribution in [0.25, 0.3) is 11.2 Å². The zero-order valence-electron chi connectivity index (χ0n) is 18.0. The molecular weight excluding hydrogens is 420 g/mol. The number of aryl methyl sites for hydroxylation is 1. The molecule has 0 aliphatic rings. The molecule has 1 aromatic carbocycles. The van der Waals surface area contributed by atoms with Crippen molar-refractivity contribution in [3.8, 4) is 17.9 Å². The fourth-order valence-corrected chi connectivity index (χ4v) is 3.56. The number of hydrogen-bond donors (Lipinski definition) is 1. The molecule has 0 aliphatic carbocycles. The van der Waals surface area contributed by atoms with E-state index in [9.17, 15) is 15.3 Å². The minimum atomic E-state index is -0.231. The number of rotatable bonds is 6. The molecule has 33 heavy (non-hydrogen) atoms. The number of aromatic nitrogens is 5. The van der Waals surface area contributed by atoms with Crippen LogP contribution in [0, 0.1) is 29.7 Å². The van der Waals surface area contributed by atoms with Gasteiger partial charge in [0.15, 0.2) is 17.8 Å². The monoisotopic (exact) mass is 440 g/mol. The van der Waals surface area contributed by atoms with Crippen LogP contribution in [-0.2, 0) is 6.54 Å². The van der Waals surface area contributed by atoms with Crippen molar-refractivity contribution in [2.24, 2.45) is 0 Å². The third-order valence-electron chi connectivity index (χ3n) is 5.06. The highest BCUT2D eigenvalue weighted by Gasteiger charge is 2.22. The molecule has 0 aliphatic heterocycles. The quantitative estimate of drug-likeness (QED) is 0.267. The fourth-order valence-electron chi connectivity index (χ4n) is 3.56. The number of benzene rings is 1. The van der Waals surface area contributed by atoms with E-state index in [1.165, 1.54) is 20.2 Å². The molecule has 0 spiro atoms. The number of para-hydroxylation sites is 1. The maximum absolute atomic E-state index is 13.5. The Morgan fingerprint density at radius 2 is 1.94 bits per heavy atom. The van der Waals surface area contributed by atoms with Gasteiger partial charge < -0.3 is 10.6 Å². The van der Waals surface area contributed by atoms with Gasteiger partial charge in [0, 0.05) is 13.2 Å². The Balaban J connectivity index is 1.93. The molecule has 0 saturated carbocycles. The first-order valence-corrected chi connectivity index (χ1v) is 9.96. The summed E-state index contributed by atoms with van der Waals surface area (Å²) in [6, 6.07) is 13.0. The van der Waals surface area contributed by atoms with E-state index < -0.39 is 0 Å². The predicted octanol–water partition coefficient (Wildman–Crippen LogP) is 1.41. The van der Waals surface area contributed by atoms with E-state index in [4.69, 9.17) is 5.73 Å². The molecule has 11 heteroatoms. The predicted molar refractivity (Wildman–Crippen MR) is 121 cm³/mol.